The Bertz CT molecular complexity index is 990. The van der Waals surface area contributed by atoms with E-state index in [0.29, 0.717) is 38.5 Å². The number of fused-ring (bicyclic) bond motifs is 1. The molecule has 0 fully saturated rings. The summed E-state index contributed by atoms with van der Waals surface area (Å²) in [5.74, 6) is -0.629. The predicted molar refractivity (Wildman–Crippen MR) is 95.7 cm³/mol. The van der Waals surface area contributed by atoms with Gasteiger partial charge in [0.25, 0.3) is 0 Å². The van der Waals surface area contributed by atoms with Gasteiger partial charge in [-0.05, 0) is 31.2 Å². The summed E-state index contributed by atoms with van der Waals surface area (Å²) >= 11 is 6.17. The molecule has 0 spiro atoms. The van der Waals surface area contributed by atoms with Gasteiger partial charge < -0.3 is 14.4 Å². The fourth-order valence-corrected chi connectivity index (χ4v) is 3.21. The van der Waals surface area contributed by atoms with Crippen molar-refractivity contribution in [3.63, 3.8) is 0 Å². The summed E-state index contributed by atoms with van der Waals surface area (Å²) in [6.07, 6.45) is 0. The first-order valence-electron chi connectivity index (χ1n) is 7.62. The SMILES string of the molecule is COc1ccc2c(C(=O)c3ccccc3Cl)c(C)n(CC(=O)O)c2c1. The first kappa shape index (κ1) is 17.0. The van der Waals surface area contributed by atoms with Crippen LogP contribution < -0.4 is 4.74 Å². The Morgan fingerprint density at radius 2 is 1.92 bits per heavy atom. The molecule has 3 aromatic rings. The lowest BCUT2D eigenvalue weighted by atomic mass is 10.0. The molecule has 0 aliphatic carbocycles. The Labute approximate surface area is 149 Å². The minimum atomic E-state index is -0.987. The molecule has 0 atom stereocenters. The number of halogens is 1. The molecule has 0 aliphatic rings. The fourth-order valence-electron chi connectivity index (χ4n) is 2.99. The third-order valence-electron chi connectivity index (χ3n) is 4.17. The quantitative estimate of drug-likeness (QED) is 0.702. The molecule has 0 saturated heterocycles. The standard InChI is InChI=1S/C19H16ClNO4/c1-11-18(19(24)13-5-3-4-6-15(13)20)14-8-7-12(25-2)9-16(14)21(11)10-17(22)23/h3-9H,10H2,1-2H3,(H,22,23). The minimum absolute atomic E-state index is 0.234. The highest BCUT2D eigenvalue weighted by atomic mass is 35.5. The van der Waals surface area contributed by atoms with E-state index in [-0.39, 0.29) is 12.3 Å². The molecule has 0 unspecified atom stereocenters. The van der Waals surface area contributed by atoms with Crippen molar-refractivity contribution in [2.24, 2.45) is 0 Å². The van der Waals surface area contributed by atoms with E-state index in [2.05, 4.69) is 0 Å². The molecule has 1 heterocycles. The monoisotopic (exact) mass is 357 g/mol. The number of ketones is 1. The van der Waals surface area contributed by atoms with Crippen molar-refractivity contribution in [1.82, 2.24) is 4.57 Å². The van der Waals surface area contributed by atoms with Gasteiger partial charge in [-0.3, -0.25) is 9.59 Å². The molecule has 0 radical (unpaired) electrons. The van der Waals surface area contributed by atoms with Crippen LogP contribution in [-0.2, 0) is 11.3 Å². The van der Waals surface area contributed by atoms with Crippen molar-refractivity contribution in [1.29, 1.82) is 0 Å². The van der Waals surface area contributed by atoms with E-state index in [1.165, 1.54) is 7.11 Å². The first-order chi connectivity index (χ1) is 11.9. The van der Waals surface area contributed by atoms with Crippen LogP contribution in [-0.4, -0.2) is 28.5 Å². The van der Waals surface area contributed by atoms with Crippen LogP contribution in [0.3, 0.4) is 0 Å². The number of carbonyl (C=O) groups excluding carboxylic acids is 1. The van der Waals surface area contributed by atoms with E-state index >= 15 is 0 Å². The molecule has 0 aliphatic heterocycles. The summed E-state index contributed by atoms with van der Waals surface area (Å²) in [7, 11) is 1.54. The number of carboxylic acids is 1. The van der Waals surface area contributed by atoms with Crippen LogP contribution in [0.15, 0.2) is 42.5 Å². The van der Waals surface area contributed by atoms with Crippen molar-refractivity contribution in [3.8, 4) is 5.75 Å². The molecule has 2 aromatic carbocycles. The van der Waals surface area contributed by atoms with Gasteiger partial charge in [0.2, 0.25) is 0 Å². The maximum Gasteiger partial charge on any atom is 0.323 e. The van der Waals surface area contributed by atoms with E-state index in [4.69, 9.17) is 16.3 Å². The Balaban J connectivity index is 2.28. The normalized spacial score (nSPS) is 10.8. The van der Waals surface area contributed by atoms with E-state index in [1.807, 2.05) is 0 Å². The largest absolute Gasteiger partial charge is 0.497 e. The van der Waals surface area contributed by atoms with Crippen molar-refractivity contribution in [2.75, 3.05) is 7.11 Å². The third-order valence-corrected chi connectivity index (χ3v) is 4.50. The van der Waals surface area contributed by atoms with Gasteiger partial charge in [-0.15, -0.1) is 0 Å². The highest BCUT2D eigenvalue weighted by molar-refractivity contribution is 6.35. The summed E-state index contributed by atoms with van der Waals surface area (Å²) in [6.45, 7) is 1.49. The molecule has 6 heteroatoms. The van der Waals surface area contributed by atoms with Crippen LogP contribution in [0.4, 0.5) is 0 Å². The maximum absolute atomic E-state index is 13.1. The lowest BCUT2D eigenvalue weighted by Gasteiger charge is -2.06. The van der Waals surface area contributed by atoms with Crippen LogP contribution >= 0.6 is 11.6 Å². The van der Waals surface area contributed by atoms with Crippen LogP contribution in [0.25, 0.3) is 10.9 Å². The van der Waals surface area contributed by atoms with Crippen LogP contribution in [0.1, 0.15) is 21.6 Å². The highest BCUT2D eigenvalue weighted by Gasteiger charge is 2.23. The molecular formula is C19H16ClNO4. The van der Waals surface area contributed by atoms with Crippen LogP contribution in [0.2, 0.25) is 5.02 Å². The second-order valence-electron chi connectivity index (χ2n) is 5.63. The second-order valence-corrected chi connectivity index (χ2v) is 6.04. The van der Waals surface area contributed by atoms with Crippen LogP contribution in [0.5, 0.6) is 5.75 Å². The average molecular weight is 358 g/mol. The zero-order valence-corrected chi connectivity index (χ0v) is 14.5. The lowest BCUT2D eigenvalue weighted by Crippen LogP contribution is -2.11. The first-order valence-corrected chi connectivity index (χ1v) is 7.99. The summed E-state index contributed by atoms with van der Waals surface area (Å²) in [4.78, 5) is 24.3. The number of benzene rings is 2. The van der Waals surface area contributed by atoms with Crippen molar-refractivity contribution in [3.05, 3.63) is 64.3 Å². The van der Waals surface area contributed by atoms with Crippen LogP contribution in [0, 0.1) is 6.92 Å². The minimum Gasteiger partial charge on any atom is -0.497 e. The Hall–Kier alpha value is -2.79. The van der Waals surface area contributed by atoms with E-state index in [0.717, 1.165) is 0 Å². The zero-order chi connectivity index (χ0) is 18.1. The molecule has 3 rings (SSSR count). The van der Waals surface area contributed by atoms with Crippen molar-refractivity contribution in [2.45, 2.75) is 13.5 Å². The summed E-state index contributed by atoms with van der Waals surface area (Å²) in [6, 6.07) is 12.1. The van der Waals surface area contributed by atoms with Gasteiger partial charge >= 0.3 is 5.97 Å². The lowest BCUT2D eigenvalue weighted by molar-refractivity contribution is -0.137. The summed E-state index contributed by atoms with van der Waals surface area (Å²) < 4.78 is 6.83. The van der Waals surface area contributed by atoms with Gasteiger partial charge in [0, 0.05) is 22.7 Å². The maximum atomic E-state index is 13.1. The van der Waals surface area contributed by atoms with E-state index in [9.17, 15) is 14.7 Å². The number of methoxy groups -OCH3 is 1. The van der Waals surface area contributed by atoms with Gasteiger partial charge in [0.05, 0.1) is 23.2 Å². The summed E-state index contributed by atoms with van der Waals surface area (Å²) in [5, 5.41) is 10.3. The van der Waals surface area contributed by atoms with E-state index < -0.39 is 5.97 Å². The second kappa shape index (κ2) is 6.61. The van der Waals surface area contributed by atoms with Gasteiger partial charge in [0.1, 0.15) is 12.3 Å². The summed E-state index contributed by atoms with van der Waals surface area (Å²) in [5.41, 5.74) is 2.05. The Kier molecular flexibility index (Phi) is 4.51. The zero-order valence-electron chi connectivity index (χ0n) is 13.7. The molecule has 1 aromatic heterocycles. The smallest absolute Gasteiger partial charge is 0.323 e. The number of aromatic nitrogens is 1. The number of rotatable bonds is 5. The molecule has 0 bridgehead atoms. The molecule has 128 valence electrons. The molecule has 0 amide bonds. The number of carbonyl (C=O) groups is 2. The predicted octanol–water partition coefficient (Wildman–Crippen LogP) is 3.93. The highest BCUT2D eigenvalue weighted by Crippen LogP contribution is 2.32. The van der Waals surface area contributed by atoms with Crippen molar-refractivity contribution >= 4 is 34.3 Å². The molecule has 25 heavy (non-hydrogen) atoms. The van der Waals surface area contributed by atoms with Crippen molar-refractivity contribution < 1.29 is 19.4 Å². The number of hydrogen-bond donors (Lipinski definition) is 1. The number of hydrogen-bond acceptors (Lipinski definition) is 3. The van der Waals surface area contributed by atoms with Gasteiger partial charge in [-0.25, -0.2) is 0 Å². The van der Waals surface area contributed by atoms with Gasteiger partial charge in [-0.2, -0.15) is 0 Å². The van der Waals surface area contributed by atoms with E-state index in [1.54, 1.807) is 54.0 Å². The number of ether oxygens (including phenoxy) is 1. The third kappa shape index (κ3) is 2.98. The molecular weight excluding hydrogens is 342 g/mol. The van der Waals surface area contributed by atoms with Gasteiger partial charge in [-0.1, -0.05) is 23.7 Å². The Morgan fingerprint density at radius 1 is 1.20 bits per heavy atom. The molecule has 1 N–H and O–H groups in total. The number of aliphatic carboxylic acids is 1. The Morgan fingerprint density at radius 3 is 2.56 bits per heavy atom. The fraction of sp³-hybridized carbons (Fsp3) is 0.158. The van der Waals surface area contributed by atoms with Gasteiger partial charge in [0.15, 0.2) is 5.78 Å². The average Bonchev–Trinajstić information content (AvgIpc) is 2.85. The topological polar surface area (TPSA) is 68.5 Å². The molecule has 5 nitrogen and oxygen atoms in total. The molecule has 0 saturated carbocycles. The number of carboxylic acid groups (broad SMARTS) is 1. The number of nitrogens with zero attached hydrogens (tertiary/aromatic N) is 1.